The molecule has 3 rings (SSSR count). The highest BCUT2D eigenvalue weighted by Gasteiger charge is 2.30. The van der Waals surface area contributed by atoms with Gasteiger partial charge in [0.25, 0.3) is 11.8 Å². The monoisotopic (exact) mass is 480 g/mol. The number of hydrogen-bond donors (Lipinski definition) is 2. The number of amides is 2. The Morgan fingerprint density at radius 3 is 2.47 bits per heavy atom. The van der Waals surface area contributed by atoms with Crippen molar-refractivity contribution in [3.63, 3.8) is 0 Å². The van der Waals surface area contributed by atoms with Crippen LogP contribution < -0.4 is 15.4 Å². The van der Waals surface area contributed by atoms with E-state index in [2.05, 4.69) is 10.6 Å². The fourth-order valence-electron chi connectivity index (χ4n) is 3.10. The zero-order valence-electron chi connectivity index (χ0n) is 18.0. The van der Waals surface area contributed by atoms with Crippen LogP contribution in [0.25, 0.3) is 0 Å². The molecule has 0 bridgehead atoms. The summed E-state index contributed by atoms with van der Waals surface area (Å²) in [5.41, 5.74) is -0.719. The van der Waals surface area contributed by atoms with Gasteiger partial charge in [0.15, 0.2) is 13.2 Å². The van der Waals surface area contributed by atoms with Gasteiger partial charge in [0.2, 0.25) is 0 Å². The normalized spacial score (nSPS) is 15.4. The molecule has 1 aliphatic heterocycles. The van der Waals surface area contributed by atoms with Crippen molar-refractivity contribution in [3.8, 4) is 5.75 Å². The van der Waals surface area contributed by atoms with E-state index in [4.69, 9.17) is 14.2 Å². The fraction of sp³-hybridized carbons (Fsp3) is 0.348. The molecule has 0 radical (unpaired) electrons. The lowest BCUT2D eigenvalue weighted by atomic mass is 10.2. The van der Waals surface area contributed by atoms with Gasteiger partial charge in [-0.25, -0.2) is 4.79 Å². The number of rotatable bonds is 9. The van der Waals surface area contributed by atoms with Crippen LogP contribution in [-0.4, -0.2) is 50.3 Å². The minimum Gasteiger partial charge on any atom is -0.484 e. The molecule has 34 heavy (non-hydrogen) atoms. The standard InChI is InChI=1S/C23H23F3N2O6/c24-23(25,26)16-3-1-4-17(11-16)28-21(30)14-33-18-8-6-15(7-9-18)22(31)34-13-20(29)27-12-19-5-2-10-32-19/h1,3-4,6-9,11,19H,2,5,10,12-14H2,(H,27,29)(H,28,30). The average molecular weight is 480 g/mol. The first-order valence-corrected chi connectivity index (χ1v) is 10.5. The molecule has 1 unspecified atom stereocenters. The van der Waals surface area contributed by atoms with E-state index >= 15 is 0 Å². The highest BCUT2D eigenvalue weighted by atomic mass is 19.4. The van der Waals surface area contributed by atoms with Gasteiger partial charge in [-0.2, -0.15) is 13.2 Å². The van der Waals surface area contributed by atoms with Crippen molar-refractivity contribution in [1.29, 1.82) is 0 Å². The molecule has 182 valence electrons. The van der Waals surface area contributed by atoms with Crippen LogP contribution in [0.4, 0.5) is 18.9 Å². The molecule has 2 amide bonds. The summed E-state index contributed by atoms with van der Waals surface area (Å²) >= 11 is 0. The van der Waals surface area contributed by atoms with Crippen molar-refractivity contribution >= 4 is 23.5 Å². The third kappa shape index (κ3) is 7.77. The van der Waals surface area contributed by atoms with E-state index in [0.29, 0.717) is 13.2 Å². The molecule has 0 aliphatic carbocycles. The molecule has 1 heterocycles. The van der Waals surface area contributed by atoms with E-state index in [0.717, 1.165) is 25.0 Å². The summed E-state index contributed by atoms with van der Waals surface area (Å²) in [6.45, 7) is 0.157. The molecule has 0 aromatic heterocycles. The van der Waals surface area contributed by atoms with Crippen molar-refractivity contribution in [3.05, 3.63) is 59.7 Å². The molecule has 2 aromatic carbocycles. The van der Waals surface area contributed by atoms with Gasteiger partial charge < -0.3 is 24.8 Å². The summed E-state index contributed by atoms with van der Waals surface area (Å²) < 4.78 is 53.9. The zero-order valence-corrected chi connectivity index (χ0v) is 18.0. The highest BCUT2D eigenvalue weighted by molar-refractivity contribution is 5.92. The number of halogens is 3. The van der Waals surface area contributed by atoms with E-state index < -0.39 is 42.7 Å². The third-order valence-electron chi connectivity index (χ3n) is 4.82. The number of ether oxygens (including phenoxy) is 3. The number of alkyl halides is 3. The highest BCUT2D eigenvalue weighted by Crippen LogP contribution is 2.30. The van der Waals surface area contributed by atoms with Gasteiger partial charge in [0, 0.05) is 18.8 Å². The lowest BCUT2D eigenvalue weighted by molar-refractivity contribution is -0.137. The maximum Gasteiger partial charge on any atom is 0.416 e. The van der Waals surface area contributed by atoms with Gasteiger partial charge in [-0.15, -0.1) is 0 Å². The molecular weight excluding hydrogens is 457 g/mol. The zero-order chi connectivity index (χ0) is 24.6. The Kier molecular flexibility index (Phi) is 8.47. The molecule has 1 atom stereocenters. The van der Waals surface area contributed by atoms with Crippen molar-refractivity contribution in [1.82, 2.24) is 5.32 Å². The largest absolute Gasteiger partial charge is 0.484 e. The summed E-state index contributed by atoms with van der Waals surface area (Å²) in [7, 11) is 0. The average Bonchev–Trinajstić information content (AvgIpc) is 3.33. The van der Waals surface area contributed by atoms with E-state index in [1.165, 1.54) is 36.4 Å². The minimum absolute atomic E-state index is 0.0127. The number of carbonyl (C=O) groups is 3. The number of hydrogen-bond acceptors (Lipinski definition) is 6. The first kappa shape index (κ1) is 25.0. The lowest BCUT2D eigenvalue weighted by Gasteiger charge is -2.11. The molecule has 11 heteroatoms. The van der Waals surface area contributed by atoms with Crippen molar-refractivity contribution in [2.75, 3.05) is 31.7 Å². The van der Waals surface area contributed by atoms with Crippen LogP contribution in [-0.2, 0) is 25.2 Å². The van der Waals surface area contributed by atoms with Crippen molar-refractivity contribution < 1.29 is 41.8 Å². The van der Waals surface area contributed by atoms with Crippen LogP contribution in [0.5, 0.6) is 5.75 Å². The Labute approximate surface area is 193 Å². The first-order valence-electron chi connectivity index (χ1n) is 10.5. The van der Waals surface area contributed by atoms with Gasteiger partial charge in [-0.05, 0) is 55.3 Å². The predicted octanol–water partition coefficient (Wildman–Crippen LogP) is 3.17. The molecule has 0 saturated carbocycles. The maximum atomic E-state index is 12.7. The van der Waals surface area contributed by atoms with Crippen molar-refractivity contribution in [2.45, 2.75) is 25.1 Å². The summed E-state index contributed by atoms with van der Waals surface area (Å²) in [6, 6.07) is 9.87. The fourth-order valence-corrected chi connectivity index (χ4v) is 3.10. The van der Waals surface area contributed by atoms with Crippen LogP contribution >= 0.6 is 0 Å². The number of esters is 1. The van der Waals surface area contributed by atoms with Gasteiger partial charge in [0.1, 0.15) is 5.75 Å². The number of carbonyl (C=O) groups excluding carboxylic acids is 3. The Bertz CT molecular complexity index is 1000. The van der Waals surface area contributed by atoms with Crippen LogP contribution in [0.2, 0.25) is 0 Å². The number of benzene rings is 2. The molecule has 1 fully saturated rings. The Balaban J connectivity index is 1.40. The first-order chi connectivity index (χ1) is 16.2. The topological polar surface area (TPSA) is 103 Å². The molecule has 2 N–H and O–H groups in total. The molecule has 0 spiro atoms. The quantitative estimate of drug-likeness (QED) is 0.535. The maximum absolute atomic E-state index is 12.7. The SMILES string of the molecule is O=C(COC(=O)c1ccc(OCC(=O)Nc2cccc(C(F)(F)F)c2)cc1)NCC1CCCO1. The van der Waals surface area contributed by atoms with Crippen LogP contribution in [0.15, 0.2) is 48.5 Å². The minimum atomic E-state index is -4.52. The summed E-state index contributed by atoms with van der Waals surface area (Å²) in [5, 5.41) is 4.97. The van der Waals surface area contributed by atoms with Gasteiger partial charge in [-0.1, -0.05) is 6.07 Å². The molecular formula is C23H23F3N2O6. The van der Waals surface area contributed by atoms with Gasteiger partial charge in [-0.3, -0.25) is 9.59 Å². The van der Waals surface area contributed by atoms with E-state index in [1.807, 2.05) is 0 Å². The van der Waals surface area contributed by atoms with E-state index in [1.54, 1.807) is 0 Å². The van der Waals surface area contributed by atoms with Gasteiger partial charge >= 0.3 is 12.1 Å². The summed E-state index contributed by atoms with van der Waals surface area (Å²) in [5.74, 6) is -1.54. The van der Waals surface area contributed by atoms with Gasteiger partial charge in [0.05, 0.1) is 17.2 Å². The molecule has 2 aromatic rings. The van der Waals surface area contributed by atoms with E-state index in [-0.39, 0.29) is 23.1 Å². The van der Waals surface area contributed by atoms with Crippen LogP contribution in [0.3, 0.4) is 0 Å². The summed E-state index contributed by atoms with van der Waals surface area (Å²) in [6.07, 6.45) is -2.70. The Morgan fingerprint density at radius 2 is 1.79 bits per heavy atom. The lowest BCUT2D eigenvalue weighted by Crippen LogP contribution is -2.34. The Hall–Kier alpha value is -3.60. The van der Waals surface area contributed by atoms with Crippen LogP contribution in [0.1, 0.15) is 28.8 Å². The number of anilines is 1. The molecule has 1 aliphatic rings. The number of nitrogens with one attached hydrogen (secondary N) is 2. The second-order valence-corrected chi connectivity index (χ2v) is 7.46. The Morgan fingerprint density at radius 1 is 1.03 bits per heavy atom. The van der Waals surface area contributed by atoms with E-state index in [9.17, 15) is 27.6 Å². The third-order valence-corrected chi connectivity index (χ3v) is 4.82. The smallest absolute Gasteiger partial charge is 0.416 e. The van der Waals surface area contributed by atoms with Crippen molar-refractivity contribution in [2.24, 2.45) is 0 Å². The second-order valence-electron chi connectivity index (χ2n) is 7.46. The summed E-state index contributed by atoms with van der Waals surface area (Å²) in [4.78, 5) is 35.8. The molecule has 1 saturated heterocycles. The second kappa shape index (κ2) is 11.5. The predicted molar refractivity (Wildman–Crippen MR) is 114 cm³/mol. The molecule has 8 nitrogen and oxygen atoms in total. The van der Waals surface area contributed by atoms with Crippen LogP contribution in [0, 0.1) is 0 Å².